The predicted molar refractivity (Wildman–Crippen MR) is 86.7 cm³/mol. The van der Waals surface area contributed by atoms with E-state index in [4.69, 9.17) is 0 Å². The van der Waals surface area contributed by atoms with Crippen LogP contribution in [0.3, 0.4) is 0 Å². The molecule has 7 heteroatoms. The lowest BCUT2D eigenvalue weighted by Crippen LogP contribution is -3.18. The first-order chi connectivity index (χ1) is 11.1. The third kappa shape index (κ3) is 3.11. The van der Waals surface area contributed by atoms with Crippen LogP contribution >= 0.6 is 11.8 Å². The number of rotatable bonds is 3. The minimum absolute atomic E-state index is 0.136. The first-order valence-corrected chi connectivity index (χ1v) is 8.75. The number of hydrogen-bond acceptors (Lipinski definition) is 5. The van der Waals surface area contributed by atoms with E-state index in [0.29, 0.717) is 11.3 Å². The van der Waals surface area contributed by atoms with Gasteiger partial charge >= 0.3 is 5.97 Å². The number of thioether (sulfide) groups is 1. The number of esters is 1. The zero-order valence-corrected chi connectivity index (χ0v) is 13.7. The molecule has 2 saturated heterocycles. The van der Waals surface area contributed by atoms with Crippen molar-refractivity contribution >= 4 is 35.2 Å². The lowest BCUT2D eigenvalue weighted by Gasteiger charge is -2.27. The summed E-state index contributed by atoms with van der Waals surface area (Å²) in [5.41, 5.74) is 0.909. The number of anilines is 1. The number of carbonyl (C=O) groups excluding carboxylic acids is 3. The summed E-state index contributed by atoms with van der Waals surface area (Å²) in [5.74, 6) is 1.31. The lowest BCUT2D eigenvalue weighted by molar-refractivity contribution is -0.911. The molecule has 0 aliphatic carbocycles. The smallest absolute Gasteiger partial charge is 0.337 e. The Hall–Kier alpha value is -1.86. The van der Waals surface area contributed by atoms with Crippen LogP contribution in [-0.2, 0) is 14.3 Å². The second-order valence-electron chi connectivity index (χ2n) is 5.63. The number of methoxy groups -OCH3 is 1. The fraction of sp³-hybridized carbons (Fsp3) is 0.438. The SMILES string of the molecule is COC(=O)c1ccc(N2C(=O)C[C@H]([NH+]3CCSCC3)C2=O)cc1. The highest BCUT2D eigenvalue weighted by atomic mass is 32.2. The predicted octanol–water partition coefficient (Wildman–Crippen LogP) is -0.263. The number of imide groups is 1. The highest BCUT2D eigenvalue weighted by Crippen LogP contribution is 2.23. The molecule has 0 spiro atoms. The third-order valence-corrected chi connectivity index (χ3v) is 5.31. The van der Waals surface area contributed by atoms with Crippen molar-refractivity contribution in [2.24, 2.45) is 0 Å². The molecule has 2 aliphatic rings. The van der Waals surface area contributed by atoms with Crippen LogP contribution in [0.5, 0.6) is 0 Å². The molecule has 0 radical (unpaired) electrons. The summed E-state index contributed by atoms with van der Waals surface area (Å²) in [5, 5.41) is 0. The zero-order chi connectivity index (χ0) is 16.4. The van der Waals surface area contributed by atoms with E-state index in [9.17, 15) is 14.4 Å². The largest absolute Gasteiger partial charge is 0.465 e. The van der Waals surface area contributed by atoms with E-state index in [-0.39, 0.29) is 24.3 Å². The first kappa shape index (κ1) is 16.0. The number of nitrogens with zero attached hydrogens (tertiary/aromatic N) is 1. The molecule has 2 fully saturated rings. The van der Waals surface area contributed by atoms with E-state index < -0.39 is 5.97 Å². The molecule has 0 aromatic heterocycles. The molecule has 1 aromatic rings. The van der Waals surface area contributed by atoms with E-state index in [0.717, 1.165) is 24.6 Å². The molecule has 122 valence electrons. The van der Waals surface area contributed by atoms with Gasteiger partial charge < -0.3 is 9.64 Å². The van der Waals surface area contributed by atoms with E-state index in [1.54, 1.807) is 24.3 Å². The molecule has 1 N–H and O–H groups in total. The maximum atomic E-state index is 12.7. The summed E-state index contributed by atoms with van der Waals surface area (Å²) in [4.78, 5) is 38.9. The van der Waals surface area contributed by atoms with Crippen molar-refractivity contribution in [1.29, 1.82) is 0 Å². The van der Waals surface area contributed by atoms with Gasteiger partial charge in [-0.3, -0.25) is 9.59 Å². The van der Waals surface area contributed by atoms with Crippen LogP contribution in [0, 0.1) is 0 Å². The van der Waals surface area contributed by atoms with Gasteiger partial charge in [0.1, 0.15) is 0 Å². The second-order valence-corrected chi connectivity index (χ2v) is 6.86. The van der Waals surface area contributed by atoms with E-state index >= 15 is 0 Å². The summed E-state index contributed by atoms with van der Waals surface area (Å²) in [7, 11) is 1.31. The third-order valence-electron chi connectivity index (χ3n) is 4.32. The Morgan fingerprint density at radius 1 is 1.22 bits per heavy atom. The number of amides is 2. The number of carbonyl (C=O) groups is 3. The van der Waals surface area contributed by atoms with Crippen LogP contribution in [0.4, 0.5) is 5.69 Å². The van der Waals surface area contributed by atoms with Crippen molar-refractivity contribution in [2.75, 3.05) is 36.6 Å². The number of quaternary nitrogens is 1. The minimum Gasteiger partial charge on any atom is -0.465 e. The van der Waals surface area contributed by atoms with Crippen LogP contribution in [-0.4, -0.2) is 55.5 Å². The number of ether oxygens (including phenoxy) is 1. The van der Waals surface area contributed by atoms with Gasteiger partial charge in [-0.05, 0) is 24.3 Å². The van der Waals surface area contributed by atoms with Gasteiger partial charge in [-0.1, -0.05) is 0 Å². The van der Waals surface area contributed by atoms with Gasteiger partial charge in [-0.25, -0.2) is 9.69 Å². The van der Waals surface area contributed by atoms with Crippen LogP contribution in [0.25, 0.3) is 0 Å². The average molecular weight is 335 g/mol. The van der Waals surface area contributed by atoms with Gasteiger partial charge in [-0.2, -0.15) is 11.8 Å². The minimum atomic E-state index is -0.441. The van der Waals surface area contributed by atoms with Gasteiger partial charge in [0.15, 0.2) is 6.04 Å². The Balaban J connectivity index is 1.78. The van der Waals surface area contributed by atoms with E-state index in [1.165, 1.54) is 16.9 Å². The van der Waals surface area contributed by atoms with Crippen molar-refractivity contribution < 1.29 is 24.0 Å². The fourth-order valence-electron chi connectivity index (χ4n) is 3.07. The van der Waals surface area contributed by atoms with Crippen LogP contribution in [0.2, 0.25) is 0 Å². The molecule has 0 bridgehead atoms. The Bertz CT molecular complexity index is 625. The molecular formula is C16H19N2O4S+. The van der Waals surface area contributed by atoms with Crippen LogP contribution in [0.15, 0.2) is 24.3 Å². The summed E-state index contributed by atoms with van der Waals surface area (Å²) in [6, 6.07) is 6.10. The van der Waals surface area contributed by atoms with Crippen molar-refractivity contribution in [2.45, 2.75) is 12.5 Å². The normalized spacial score (nSPS) is 22.5. The van der Waals surface area contributed by atoms with Crippen LogP contribution < -0.4 is 9.80 Å². The van der Waals surface area contributed by atoms with E-state index in [1.807, 2.05) is 11.8 Å². The highest BCUT2D eigenvalue weighted by Gasteiger charge is 2.45. The molecule has 23 heavy (non-hydrogen) atoms. The van der Waals surface area contributed by atoms with Gasteiger partial charge in [-0.15, -0.1) is 0 Å². The molecule has 2 amide bonds. The molecule has 6 nitrogen and oxygen atoms in total. The van der Waals surface area contributed by atoms with Gasteiger partial charge in [0.25, 0.3) is 5.91 Å². The van der Waals surface area contributed by atoms with Crippen molar-refractivity contribution in [1.82, 2.24) is 0 Å². The summed E-state index contributed by atoms with van der Waals surface area (Å²) < 4.78 is 4.65. The average Bonchev–Trinajstić information content (AvgIpc) is 2.89. The van der Waals surface area contributed by atoms with Gasteiger partial charge in [0.05, 0.1) is 37.9 Å². The molecule has 2 aliphatic heterocycles. The maximum Gasteiger partial charge on any atom is 0.337 e. The van der Waals surface area contributed by atoms with Gasteiger partial charge in [0, 0.05) is 11.5 Å². The summed E-state index contributed by atoms with van der Waals surface area (Å²) in [6.45, 7) is 1.84. The summed E-state index contributed by atoms with van der Waals surface area (Å²) >= 11 is 1.89. The highest BCUT2D eigenvalue weighted by molar-refractivity contribution is 7.99. The molecule has 0 saturated carbocycles. The van der Waals surface area contributed by atoms with Gasteiger partial charge in [0.2, 0.25) is 5.91 Å². The topological polar surface area (TPSA) is 68.1 Å². The molecule has 1 atom stereocenters. The lowest BCUT2D eigenvalue weighted by atomic mass is 10.2. The standard InChI is InChI=1S/C16H18N2O4S/c1-22-16(21)11-2-4-12(5-3-11)18-14(19)10-13(15(18)20)17-6-8-23-9-7-17/h2-5,13H,6-10H2,1H3/p+1/t13-/m0/s1. The van der Waals surface area contributed by atoms with Crippen molar-refractivity contribution in [3.05, 3.63) is 29.8 Å². The Morgan fingerprint density at radius 2 is 1.87 bits per heavy atom. The molecule has 1 aromatic carbocycles. The maximum absolute atomic E-state index is 12.7. The Morgan fingerprint density at radius 3 is 2.48 bits per heavy atom. The Kier molecular flexibility index (Phi) is 4.68. The van der Waals surface area contributed by atoms with Crippen LogP contribution in [0.1, 0.15) is 16.8 Å². The number of hydrogen-bond donors (Lipinski definition) is 1. The molecule has 0 unspecified atom stereocenters. The number of benzene rings is 1. The number of nitrogens with one attached hydrogen (secondary N) is 1. The molecular weight excluding hydrogens is 316 g/mol. The van der Waals surface area contributed by atoms with Crippen molar-refractivity contribution in [3.8, 4) is 0 Å². The Labute approximate surface area is 138 Å². The summed E-state index contributed by atoms with van der Waals surface area (Å²) in [6.07, 6.45) is 0.261. The molecule has 2 heterocycles. The van der Waals surface area contributed by atoms with E-state index in [2.05, 4.69) is 4.74 Å². The second kappa shape index (κ2) is 6.72. The van der Waals surface area contributed by atoms with Crippen molar-refractivity contribution in [3.63, 3.8) is 0 Å². The first-order valence-electron chi connectivity index (χ1n) is 7.59. The molecule has 3 rings (SSSR count). The quantitative estimate of drug-likeness (QED) is 0.609. The fourth-order valence-corrected chi connectivity index (χ4v) is 4.09. The monoisotopic (exact) mass is 335 g/mol. The zero-order valence-electron chi connectivity index (χ0n) is 12.9.